The maximum absolute atomic E-state index is 12.9. The monoisotopic (exact) mass is 276 g/mol. The molecule has 1 aromatic carbocycles. The summed E-state index contributed by atoms with van der Waals surface area (Å²) in [7, 11) is 0. The molecule has 5 nitrogen and oxygen atoms in total. The van der Waals surface area contributed by atoms with E-state index in [1.807, 2.05) is 0 Å². The predicted octanol–water partition coefficient (Wildman–Crippen LogP) is 1.94. The van der Waals surface area contributed by atoms with Crippen LogP contribution in [0.4, 0.5) is 10.1 Å². The summed E-state index contributed by atoms with van der Waals surface area (Å²) in [5.41, 5.74) is 5.94. The van der Waals surface area contributed by atoms with Crippen LogP contribution in [0.3, 0.4) is 0 Å². The lowest BCUT2D eigenvalue weighted by molar-refractivity contribution is -0.117. The number of anilines is 1. The van der Waals surface area contributed by atoms with Crippen LogP contribution in [0.25, 0.3) is 0 Å². The van der Waals surface area contributed by atoms with Crippen molar-refractivity contribution in [1.29, 1.82) is 0 Å². The van der Waals surface area contributed by atoms with Crippen molar-refractivity contribution in [3.05, 3.63) is 54.2 Å². The highest BCUT2D eigenvalue weighted by Gasteiger charge is 2.19. The topological polar surface area (TPSA) is 76.5 Å². The smallest absolute Gasteiger partial charge is 0.261 e. The molecule has 0 atom stereocenters. The second-order valence-corrected chi connectivity index (χ2v) is 4.16. The number of hydrogen-bond donors (Lipinski definition) is 1. The lowest BCUT2D eigenvalue weighted by atomic mass is 10.2. The molecule has 2 aromatic rings. The van der Waals surface area contributed by atoms with E-state index in [0.717, 1.165) is 0 Å². The number of nitrogens with two attached hydrogens (primary N) is 1. The van der Waals surface area contributed by atoms with Crippen molar-refractivity contribution in [2.24, 2.45) is 5.73 Å². The second-order valence-electron chi connectivity index (χ2n) is 4.16. The van der Waals surface area contributed by atoms with Crippen molar-refractivity contribution in [2.75, 3.05) is 11.4 Å². The van der Waals surface area contributed by atoms with E-state index >= 15 is 0 Å². The summed E-state index contributed by atoms with van der Waals surface area (Å²) in [6.45, 7) is 0.116. The van der Waals surface area contributed by atoms with Crippen molar-refractivity contribution in [2.45, 2.75) is 6.42 Å². The number of nitrogens with zero attached hydrogens (tertiary/aromatic N) is 1. The molecule has 0 fully saturated rings. The van der Waals surface area contributed by atoms with Gasteiger partial charge in [-0.1, -0.05) is 0 Å². The summed E-state index contributed by atoms with van der Waals surface area (Å²) in [5, 5.41) is 0. The van der Waals surface area contributed by atoms with E-state index in [4.69, 9.17) is 10.2 Å². The number of carbonyl (C=O) groups excluding carboxylic acids is 2. The summed E-state index contributed by atoms with van der Waals surface area (Å²) in [6.07, 6.45) is 2.70. The number of halogens is 1. The quantitative estimate of drug-likeness (QED) is 0.906. The molecule has 0 saturated carbocycles. The van der Waals surface area contributed by atoms with Crippen LogP contribution in [0.15, 0.2) is 47.3 Å². The molecule has 0 unspecified atom stereocenters. The molecule has 0 aliphatic carbocycles. The van der Waals surface area contributed by atoms with E-state index in [0.29, 0.717) is 11.3 Å². The summed E-state index contributed by atoms with van der Waals surface area (Å²) in [5.74, 6) is -1.26. The number of carbonyl (C=O) groups is 2. The molecule has 0 aliphatic heterocycles. The van der Waals surface area contributed by atoms with Gasteiger partial charge in [-0.2, -0.15) is 0 Å². The minimum Gasteiger partial charge on any atom is -0.472 e. The maximum atomic E-state index is 12.9. The van der Waals surface area contributed by atoms with Crippen LogP contribution in [-0.4, -0.2) is 18.4 Å². The van der Waals surface area contributed by atoms with Gasteiger partial charge in [0.15, 0.2) is 0 Å². The molecular weight excluding hydrogens is 263 g/mol. The molecule has 6 heteroatoms. The zero-order valence-corrected chi connectivity index (χ0v) is 10.6. The van der Waals surface area contributed by atoms with Gasteiger partial charge in [-0.25, -0.2) is 4.39 Å². The fourth-order valence-corrected chi connectivity index (χ4v) is 1.73. The van der Waals surface area contributed by atoms with Crippen LogP contribution in [0.2, 0.25) is 0 Å². The number of amides is 2. The van der Waals surface area contributed by atoms with E-state index < -0.39 is 11.7 Å². The number of hydrogen-bond acceptors (Lipinski definition) is 3. The van der Waals surface area contributed by atoms with Crippen LogP contribution in [0.5, 0.6) is 0 Å². The summed E-state index contributed by atoms with van der Waals surface area (Å²) in [4.78, 5) is 24.6. The van der Waals surface area contributed by atoms with Crippen LogP contribution in [0.1, 0.15) is 16.8 Å². The first-order valence-electron chi connectivity index (χ1n) is 5.96. The molecule has 2 N–H and O–H groups in total. The molecule has 0 bridgehead atoms. The molecule has 0 saturated heterocycles. The SMILES string of the molecule is NC(=O)CCN(C(=O)c1ccoc1)c1ccc(F)cc1. The number of furan rings is 1. The third-order valence-corrected chi connectivity index (χ3v) is 2.73. The van der Waals surface area contributed by atoms with Crippen LogP contribution in [0, 0.1) is 5.82 Å². The molecule has 2 amide bonds. The average Bonchev–Trinajstić information content (AvgIpc) is 2.94. The largest absolute Gasteiger partial charge is 0.472 e. The Labute approximate surface area is 114 Å². The van der Waals surface area contributed by atoms with Gasteiger partial charge in [0.05, 0.1) is 11.8 Å². The first kappa shape index (κ1) is 13.8. The third kappa shape index (κ3) is 3.23. The summed E-state index contributed by atoms with van der Waals surface area (Å²) in [6, 6.07) is 6.94. The van der Waals surface area contributed by atoms with Gasteiger partial charge in [-0.3, -0.25) is 9.59 Å². The average molecular weight is 276 g/mol. The van der Waals surface area contributed by atoms with E-state index in [9.17, 15) is 14.0 Å². The summed E-state index contributed by atoms with van der Waals surface area (Å²) >= 11 is 0. The highest BCUT2D eigenvalue weighted by atomic mass is 19.1. The number of primary amides is 1. The van der Waals surface area contributed by atoms with Crippen LogP contribution in [-0.2, 0) is 4.79 Å². The minimum atomic E-state index is -0.517. The molecule has 1 heterocycles. The molecule has 0 aliphatic rings. The lowest BCUT2D eigenvalue weighted by Gasteiger charge is -2.21. The highest BCUT2D eigenvalue weighted by Crippen LogP contribution is 2.18. The van der Waals surface area contributed by atoms with Gasteiger partial charge in [-0.15, -0.1) is 0 Å². The Balaban J connectivity index is 2.26. The van der Waals surface area contributed by atoms with E-state index in [1.54, 1.807) is 0 Å². The van der Waals surface area contributed by atoms with Crippen molar-refractivity contribution in [3.8, 4) is 0 Å². The second kappa shape index (κ2) is 6.01. The molecule has 2 rings (SSSR count). The normalized spacial score (nSPS) is 10.2. The van der Waals surface area contributed by atoms with Crippen molar-refractivity contribution in [1.82, 2.24) is 0 Å². The Morgan fingerprint density at radius 2 is 1.90 bits per heavy atom. The van der Waals surface area contributed by atoms with Gasteiger partial charge < -0.3 is 15.1 Å². The fraction of sp³-hybridized carbons (Fsp3) is 0.143. The zero-order chi connectivity index (χ0) is 14.5. The lowest BCUT2D eigenvalue weighted by Crippen LogP contribution is -2.33. The molecule has 0 radical (unpaired) electrons. The minimum absolute atomic E-state index is 0.0148. The first-order chi connectivity index (χ1) is 9.58. The molecule has 0 spiro atoms. The van der Waals surface area contributed by atoms with Crippen molar-refractivity contribution >= 4 is 17.5 Å². The predicted molar refractivity (Wildman–Crippen MR) is 70.6 cm³/mol. The zero-order valence-electron chi connectivity index (χ0n) is 10.6. The molecule has 20 heavy (non-hydrogen) atoms. The van der Waals surface area contributed by atoms with Gasteiger partial charge >= 0.3 is 0 Å². The van der Waals surface area contributed by atoms with Gasteiger partial charge in [0.1, 0.15) is 12.1 Å². The van der Waals surface area contributed by atoms with Gasteiger partial charge in [0.25, 0.3) is 5.91 Å². The maximum Gasteiger partial charge on any atom is 0.261 e. The van der Waals surface area contributed by atoms with E-state index in [-0.39, 0.29) is 18.9 Å². The molecule has 1 aromatic heterocycles. The van der Waals surface area contributed by atoms with E-state index in [1.165, 1.54) is 47.8 Å². The van der Waals surface area contributed by atoms with E-state index in [2.05, 4.69) is 0 Å². The van der Waals surface area contributed by atoms with Crippen LogP contribution >= 0.6 is 0 Å². The first-order valence-corrected chi connectivity index (χ1v) is 5.96. The molecular formula is C14H13FN2O3. The fourth-order valence-electron chi connectivity index (χ4n) is 1.73. The highest BCUT2D eigenvalue weighted by molar-refractivity contribution is 6.06. The van der Waals surface area contributed by atoms with Crippen LogP contribution < -0.4 is 10.6 Å². The third-order valence-electron chi connectivity index (χ3n) is 2.73. The Hall–Kier alpha value is -2.63. The Bertz CT molecular complexity index is 593. The van der Waals surface area contributed by atoms with Gasteiger partial charge in [0, 0.05) is 18.7 Å². The Morgan fingerprint density at radius 3 is 2.45 bits per heavy atom. The summed E-state index contributed by atoms with van der Waals surface area (Å²) < 4.78 is 17.8. The van der Waals surface area contributed by atoms with Crippen molar-refractivity contribution < 1.29 is 18.4 Å². The Kier molecular flexibility index (Phi) is 4.14. The Morgan fingerprint density at radius 1 is 1.20 bits per heavy atom. The number of benzene rings is 1. The standard InChI is InChI=1S/C14H13FN2O3/c15-11-1-3-12(4-2-11)17(7-5-13(16)18)14(19)10-6-8-20-9-10/h1-4,6,8-9H,5,7H2,(H2,16,18). The molecule has 104 valence electrons. The van der Waals surface area contributed by atoms with Crippen molar-refractivity contribution in [3.63, 3.8) is 0 Å². The number of rotatable bonds is 5. The van der Waals surface area contributed by atoms with Gasteiger partial charge in [-0.05, 0) is 30.3 Å². The van der Waals surface area contributed by atoms with Gasteiger partial charge in [0.2, 0.25) is 5.91 Å².